The molecule has 0 fully saturated rings. The predicted molar refractivity (Wildman–Crippen MR) is 112 cm³/mol. The van der Waals surface area contributed by atoms with Crippen LogP contribution in [0.2, 0.25) is 0 Å². The monoisotopic (exact) mass is 360 g/mol. The Balaban J connectivity index is 2.35. The first-order valence-electron chi connectivity index (χ1n) is 9.33. The predicted octanol–water partition coefficient (Wildman–Crippen LogP) is 5.99. The van der Waals surface area contributed by atoms with E-state index in [1.807, 2.05) is 27.7 Å². The maximum absolute atomic E-state index is 10.3. The molecule has 0 atom stereocenters. The van der Waals surface area contributed by atoms with E-state index in [-0.39, 0.29) is 0 Å². The molecule has 0 amide bonds. The lowest BCUT2D eigenvalue weighted by atomic mass is 9.69. The summed E-state index contributed by atoms with van der Waals surface area (Å²) in [4.78, 5) is 0. The van der Waals surface area contributed by atoms with Crippen molar-refractivity contribution in [3.63, 3.8) is 0 Å². The lowest BCUT2D eigenvalue weighted by Gasteiger charge is -2.33. The topological polar surface area (TPSA) is 40.5 Å². The second-order valence-electron chi connectivity index (χ2n) is 7.91. The van der Waals surface area contributed by atoms with Crippen LogP contribution in [0.15, 0.2) is 48.5 Å². The summed E-state index contributed by atoms with van der Waals surface area (Å²) in [6, 6.07) is 16.9. The number of phenols is 2. The van der Waals surface area contributed by atoms with Crippen LogP contribution < -0.4 is 0 Å². The highest BCUT2D eigenvalue weighted by atomic mass is 16.3. The molecule has 0 aliphatic rings. The van der Waals surface area contributed by atoms with Gasteiger partial charge in [-0.15, -0.1) is 0 Å². The molecule has 0 aromatic heterocycles. The molecule has 0 aliphatic carbocycles. The van der Waals surface area contributed by atoms with Gasteiger partial charge in [0.15, 0.2) is 0 Å². The summed E-state index contributed by atoms with van der Waals surface area (Å²) in [6.45, 7) is 12.1. The molecule has 0 saturated carbocycles. The maximum atomic E-state index is 10.3. The smallest absolute Gasteiger partial charge is 0.121 e. The first-order chi connectivity index (χ1) is 12.6. The van der Waals surface area contributed by atoms with Gasteiger partial charge >= 0.3 is 0 Å². The van der Waals surface area contributed by atoms with Crippen LogP contribution in [-0.4, -0.2) is 10.2 Å². The van der Waals surface area contributed by atoms with Gasteiger partial charge in [-0.25, -0.2) is 0 Å². The van der Waals surface area contributed by atoms with Gasteiger partial charge in [-0.05, 0) is 80.5 Å². The number of aromatic hydroxyl groups is 2. The Morgan fingerprint density at radius 3 is 1.22 bits per heavy atom. The first kappa shape index (κ1) is 19.0. The molecule has 0 radical (unpaired) electrons. The maximum Gasteiger partial charge on any atom is 0.121 e. The Hall–Kier alpha value is -2.74. The number of hydrogen-bond donors (Lipinski definition) is 2. The van der Waals surface area contributed by atoms with Crippen LogP contribution in [0, 0.1) is 34.6 Å². The van der Waals surface area contributed by atoms with Crippen molar-refractivity contribution in [1.82, 2.24) is 0 Å². The van der Waals surface area contributed by atoms with Crippen molar-refractivity contribution in [3.8, 4) is 11.5 Å². The van der Waals surface area contributed by atoms with Crippen LogP contribution in [0.3, 0.4) is 0 Å². The Bertz CT molecular complexity index is 894. The van der Waals surface area contributed by atoms with E-state index < -0.39 is 5.41 Å². The lowest BCUT2D eigenvalue weighted by Crippen LogP contribution is -2.26. The van der Waals surface area contributed by atoms with E-state index >= 15 is 0 Å². The highest BCUT2D eigenvalue weighted by Crippen LogP contribution is 2.42. The summed E-state index contributed by atoms with van der Waals surface area (Å²) >= 11 is 0. The lowest BCUT2D eigenvalue weighted by molar-refractivity contribution is 0.465. The Labute approximate surface area is 162 Å². The van der Waals surface area contributed by atoms with Crippen LogP contribution >= 0.6 is 0 Å². The van der Waals surface area contributed by atoms with E-state index in [0.717, 1.165) is 33.4 Å². The van der Waals surface area contributed by atoms with E-state index in [1.165, 1.54) is 11.1 Å². The largest absolute Gasteiger partial charge is 0.507 e. The van der Waals surface area contributed by atoms with Gasteiger partial charge in [0, 0.05) is 5.41 Å². The third-order valence-corrected chi connectivity index (χ3v) is 5.77. The fourth-order valence-electron chi connectivity index (χ4n) is 3.88. The SMILES string of the molecule is Cc1ccc(C(C)(c2cc(C)c(O)c(C)c2)c2cc(C)c(O)c(C)c2)cc1. The normalized spacial score (nSPS) is 11.6. The highest BCUT2D eigenvalue weighted by molar-refractivity contribution is 5.57. The van der Waals surface area contributed by atoms with Crippen LogP contribution in [0.4, 0.5) is 0 Å². The fraction of sp³-hybridized carbons (Fsp3) is 0.280. The third kappa shape index (κ3) is 3.21. The molecule has 2 N–H and O–H groups in total. The van der Waals surface area contributed by atoms with E-state index in [9.17, 15) is 10.2 Å². The van der Waals surface area contributed by atoms with Crippen molar-refractivity contribution < 1.29 is 10.2 Å². The highest BCUT2D eigenvalue weighted by Gasteiger charge is 2.33. The zero-order chi connectivity index (χ0) is 19.9. The van der Waals surface area contributed by atoms with Crippen molar-refractivity contribution in [2.24, 2.45) is 0 Å². The minimum absolute atomic E-state index is 0.350. The molecule has 3 aromatic carbocycles. The summed E-state index contributed by atoms with van der Waals surface area (Å²) in [7, 11) is 0. The summed E-state index contributed by atoms with van der Waals surface area (Å²) in [5.41, 5.74) is 7.74. The summed E-state index contributed by atoms with van der Waals surface area (Å²) in [5, 5.41) is 20.5. The molecule has 0 aliphatic heterocycles. The van der Waals surface area contributed by atoms with Gasteiger partial charge in [0.1, 0.15) is 11.5 Å². The van der Waals surface area contributed by atoms with Crippen molar-refractivity contribution in [2.45, 2.75) is 47.0 Å². The Morgan fingerprint density at radius 2 is 0.889 bits per heavy atom. The molecule has 27 heavy (non-hydrogen) atoms. The zero-order valence-electron chi connectivity index (χ0n) is 17.0. The van der Waals surface area contributed by atoms with Gasteiger partial charge in [-0.1, -0.05) is 54.1 Å². The zero-order valence-corrected chi connectivity index (χ0v) is 17.0. The molecule has 0 spiro atoms. The number of rotatable bonds is 3. The summed E-state index contributed by atoms with van der Waals surface area (Å²) < 4.78 is 0. The average molecular weight is 360 g/mol. The van der Waals surface area contributed by atoms with Gasteiger partial charge in [0.2, 0.25) is 0 Å². The number of benzene rings is 3. The molecule has 2 nitrogen and oxygen atoms in total. The van der Waals surface area contributed by atoms with Gasteiger partial charge in [-0.2, -0.15) is 0 Å². The molecule has 0 heterocycles. The third-order valence-electron chi connectivity index (χ3n) is 5.77. The van der Waals surface area contributed by atoms with Crippen LogP contribution in [0.5, 0.6) is 11.5 Å². The van der Waals surface area contributed by atoms with Crippen LogP contribution in [-0.2, 0) is 5.41 Å². The number of hydrogen-bond acceptors (Lipinski definition) is 2. The second kappa shape index (κ2) is 6.77. The molecule has 140 valence electrons. The van der Waals surface area contributed by atoms with Gasteiger partial charge < -0.3 is 10.2 Å². The Morgan fingerprint density at radius 1 is 0.556 bits per heavy atom. The quantitative estimate of drug-likeness (QED) is 0.563. The van der Waals surface area contributed by atoms with Gasteiger partial charge in [0.05, 0.1) is 0 Å². The number of phenolic OH excluding ortho intramolecular Hbond substituents is 2. The fourth-order valence-corrected chi connectivity index (χ4v) is 3.88. The molecule has 0 bridgehead atoms. The van der Waals surface area contributed by atoms with Crippen molar-refractivity contribution in [1.29, 1.82) is 0 Å². The van der Waals surface area contributed by atoms with E-state index in [0.29, 0.717) is 11.5 Å². The standard InChI is InChI=1S/C25H28O2/c1-15-7-9-20(10-8-15)25(6,21-11-16(2)23(26)17(3)12-21)22-13-18(4)24(27)19(5)14-22/h7-14,26-27H,1-6H3. The van der Waals surface area contributed by atoms with Gasteiger partial charge in [0.25, 0.3) is 0 Å². The van der Waals surface area contributed by atoms with Crippen molar-refractivity contribution in [2.75, 3.05) is 0 Å². The van der Waals surface area contributed by atoms with Crippen LogP contribution in [0.1, 0.15) is 51.4 Å². The van der Waals surface area contributed by atoms with Crippen molar-refractivity contribution in [3.05, 3.63) is 93.0 Å². The van der Waals surface area contributed by atoms with Gasteiger partial charge in [-0.3, -0.25) is 0 Å². The molecule has 0 saturated heterocycles. The van der Waals surface area contributed by atoms with E-state index in [1.54, 1.807) is 0 Å². The molecule has 0 unspecified atom stereocenters. The van der Waals surface area contributed by atoms with Crippen molar-refractivity contribution >= 4 is 0 Å². The molecule has 3 rings (SSSR count). The minimum Gasteiger partial charge on any atom is -0.507 e. The van der Waals surface area contributed by atoms with E-state index in [2.05, 4.69) is 62.4 Å². The number of aryl methyl sites for hydroxylation is 5. The summed E-state index contributed by atoms with van der Waals surface area (Å²) in [6.07, 6.45) is 0. The molecular weight excluding hydrogens is 332 g/mol. The molecule has 2 heteroatoms. The molecular formula is C25H28O2. The minimum atomic E-state index is -0.403. The average Bonchev–Trinajstić information content (AvgIpc) is 2.63. The van der Waals surface area contributed by atoms with Crippen LogP contribution in [0.25, 0.3) is 0 Å². The summed E-state index contributed by atoms with van der Waals surface area (Å²) in [5.74, 6) is 0.700. The van der Waals surface area contributed by atoms with E-state index in [4.69, 9.17) is 0 Å². The Kier molecular flexibility index (Phi) is 4.77. The second-order valence-corrected chi connectivity index (χ2v) is 7.91. The molecule has 3 aromatic rings. The first-order valence-corrected chi connectivity index (χ1v) is 9.33.